The molecule has 0 unspecified atom stereocenters. The summed E-state index contributed by atoms with van der Waals surface area (Å²) >= 11 is 0. The van der Waals surface area contributed by atoms with Gasteiger partial charge in [0.05, 0.1) is 18.2 Å². The zero-order chi connectivity index (χ0) is 18.0. The summed E-state index contributed by atoms with van der Waals surface area (Å²) in [5, 5.41) is 2.68. The molecule has 1 aromatic rings. The van der Waals surface area contributed by atoms with Crippen LogP contribution in [0.5, 0.6) is 0 Å². The molecule has 1 saturated carbocycles. The average molecular weight is 343 g/mol. The molecule has 0 spiro atoms. The predicted molar refractivity (Wildman–Crippen MR) is 96.3 cm³/mol. The van der Waals surface area contributed by atoms with E-state index >= 15 is 0 Å². The summed E-state index contributed by atoms with van der Waals surface area (Å²) in [4.78, 5) is 39.8. The molecule has 2 fully saturated rings. The Morgan fingerprint density at radius 1 is 1.12 bits per heavy atom. The van der Waals surface area contributed by atoms with E-state index in [0.717, 1.165) is 12.8 Å². The minimum Gasteiger partial charge on any atom is -0.326 e. The minimum atomic E-state index is -0.370. The van der Waals surface area contributed by atoms with Gasteiger partial charge in [-0.15, -0.1) is 0 Å². The van der Waals surface area contributed by atoms with Gasteiger partial charge in [-0.1, -0.05) is 19.3 Å². The fourth-order valence-corrected chi connectivity index (χ4v) is 3.85. The second-order valence-electron chi connectivity index (χ2n) is 6.97. The molecule has 1 saturated heterocycles. The summed E-state index contributed by atoms with van der Waals surface area (Å²) in [5.74, 6) is -0.467. The number of imide groups is 1. The molecular formula is C19H25N3O3. The van der Waals surface area contributed by atoms with Crippen molar-refractivity contribution < 1.29 is 14.4 Å². The van der Waals surface area contributed by atoms with Gasteiger partial charge in [-0.05, 0) is 44.2 Å². The van der Waals surface area contributed by atoms with E-state index in [-0.39, 0.29) is 30.2 Å². The number of carbonyl (C=O) groups is 3. The maximum atomic E-state index is 12.9. The molecule has 3 amide bonds. The first-order chi connectivity index (χ1) is 12.0. The SMILES string of the molecule is CC(=O)Nc1ccc(N2C(=O)C[C@@H](N(C)C3CCCCC3)C2=O)cc1. The smallest absolute Gasteiger partial charge is 0.251 e. The highest BCUT2D eigenvalue weighted by molar-refractivity contribution is 6.22. The number of hydrogen-bond acceptors (Lipinski definition) is 4. The number of hydrogen-bond donors (Lipinski definition) is 1. The normalized spacial score (nSPS) is 21.9. The Kier molecular flexibility index (Phi) is 5.18. The largest absolute Gasteiger partial charge is 0.326 e. The predicted octanol–water partition coefficient (Wildman–Crippen LogP) is 2.54. The standard InChI is InChI=1S/C19H25N3O3/c1-13(23)20-14-8-10-16(11-9-14)22-18(24)12-17(19(22)25)21(2)15-6-4-3-5-7-15/h8-11,15,17H,3-7,12H2,1-2H3,(H,20,23)/t17-/m1/s1. The van der Waals surface area contributed by atoms with Crippen LogP contribution in [-0.4, -0.2) is 41.8 Å². The minimum absolute atomic E-state index is 0.148. The van der Waals surface area contributed by atoms with Crippen LogP contribution in [0, 0.1) is 0 Å². The number of anilines is 2. The monoisotopic (exact) mass is 343 g/mol. The Morgan fingerprint density at radius 3 is 2.36 bits per heavy atom. The number of rotatable bonds is 4. The number of amides is 3. The quantitative estimate of drug-likeness (QED) is 0.853. The van der Waals surface area contributed by atoms with Gasteiger partial charge < -0.3 is 5.32 Å². The third-order valence-electron chi connectivity index (χ3n) is 5.21. The Balaban J connectivity index is 1.73. The number of nitrogens with zero attached hydrogens (tertiary/aromatic N) is 2. The summed E-state index contributed by atoms with van der Waals surface area (Å²) in [6, 6.07) is 6.82. The zero-order valence-electron chi connectivity index (χ0n) is 14.8. The summed E-state index contributed by atoms with van der Waals surface area (Å²) in [5.41, 5.74) is 1.20. The van der Waals surface area contributed by atoms with Crippen LogP contribution in [0.2, 0.25) is 0 Å². The van der Waals surface area contributed by atoms with Gasteiger partial charge in [0.25, 0.3) is 5.91 Å². The van der Waals surface area contributed by atoms with E-state index < -0.39 is 0 Å². The number of benzene rings is 1. The second-order valence-corrected chi connectivity index (χ2v) is 6.97. The molecule has 1 aliphatic carbocycles. The molecule has 1 aliphatic heterocycles. The average Bonchev–Trinajstić information content (AvgIpc) is 2.90. The maximum absolute atomic E-state index is 12.9. The van der Waals surface area contributed by atoms with Crippen molar-refractivity contribution in [3.63, 3.8) is 0 Å². The Morgan fingerprint density at radius 2 is 1.76 bits per heavy atom. The number of likely N-dealkylation sites (N-methyl/N-ethyl adjacent to an activating group) is 1. The lowest BCUT2D eigenvalue weighted by atomic mass is 9.93. The van der Waals surface area contributed by atoms with E-state index in [0.29, 0.717) is 17.4 Å². The third-order valence-corrected chi connectivity index (χ3v) is 5.21. The molecule has 6 heteroatoms. The van der Waals surface area contributed by atoms with Crippen LogP contribution >= 0.6 is 0 Å². The molecular weight excluding hydrogens is 318 g/mol. The van der Waals surface area contributed by atoms with E-state index in [1.54, 1.807) is 24.3 Å². The van der Waals surface area contributed by atoms with Crippen molar-refractivity contribution in [3.8, 4) is 0 Å². The van der Waals surface area contributed by atoms with E-state index in [4.69, 9.17) is 0 Å². The van der Waals surface area contributed by atoms with Gasteiger partial charge in [-0.25, -0.2) is 4.90 Å². The second kappa shape index (κ2) is 7.35. The molecule has 1 heterocycles. The molecule has 0 radical (unpaired) electrons. The van der Waals surface area contributed by atoms with Crippen molar-refractivity contribution in [2.45, 2.75) is 57.5 Å². The molecule has 1 atom stereocenters. The van der Waals surface area contributed by atoms with E-state index in [1.165, 1.54) is 31.1 Å². The molecule has 1 N–H and O–H groups in total. The molecule has 6 nitrogen and oxygen atoms in total. The van der Waals surface area contributed by atoms with Gasteiger partial charge in [0.2, 0.25) is 11.8 Å². The lowest BCUT2D eigenvalue weighted by Gasteiger charge is -2.34. The Hall–Kier alpha value is -2.21. The first kappa shape index (κ1) is 17.6. The zero-order valence-corrected chi connectivity index (χ0v) is 14.8. The Labute approximate surface area is 148 Å². The van der Waals surface area contributed by atoms with Crippen molar-refractivity contribution in [1.29, 1.82) is 0 Å². The van der Waals surface area contributed by atoms with Crippen LogP contribution < -0.4 is 10.2 Å². The van der Waals surface area contributed by atoms with Gasteiger partial charge in [-0.2, -0.15) is 0 Å². The van der Waals surface area contributed by atoms with Crippen LogP contribution in [0.3, 0.4) is 0 Å². The highest BCUT2D eigenvalue weighted by Gasteiger charge is 2.43. The van der Waals surface area contributed by atoms with E-state index in [1.807, 2.05) is 7.05 Å². The number of nitrogens with one attached hydrogen (secondary N) is 1. The number of carbonyl (C=O) groups excluding carboxylic acids is 3. The first-order valence-electron chi connectivity index (χ1n) is 8.94. The third kappa shape index (κ3) is 3.74. The molecule has 0 bridgehead atoms. The van der Waals surface area contributed by atoms with E-state index in [2.05, 4.69) is 10.2 Å². The fourth-order valence-electron chi connectivity index (χ4n) is 3.85. The molecule has 2 aliphatic rings. The van der Waals surface area contributed by atoms with Gasteiger partial charge >= 0.3 is 0 Å². The van der Waals surface area contributed by atoms with Crippen molar-refractivity contribution >= 4 is 29.1 Å². The van der Waals surface area contributed by atoms with Gasteiger partial charge in [0, 0.05) is 18.7 Å². The summed E-state index contributed by atoms with van der Waals surface area (Å²) in [7, 11) is 1.97. The maximum Gasteiger partial charge on any atom is 0.251 e. The lowest BCUT2D eigenvalue weighted by molar-refractivity contribution is -0.123. The lowest BCUT2D eigenvalue weighted by Crippen LogP contribution is -2.45. The van der Waals surface area contributed by atoms with E-state index in [9.17, 15) is 14.4 Å². The molecule has 0 aromatic heterocycles. The fraction of sp³-hybridized carbons (Fsp3) is 0.526. The topological polar surface area (TPSA) is 69.7 Å². The van der Waals surface area contributed by atoms with Crippen molar-refractivity contribution in [2.75, 3.05) is 17.3 Å². The van der Waals surface area contributed by atoms with Gasteiger partial charge in [-0.3, -0.25) is 19.3 Å². The molecule has 3 rings (SSSR count). The molecule has 134 valence electrons. The van der Waals surface area contributed by atoms with Crippen LogP contribution in [0.4, 0.5) is 11.4 Å². The summed E-state index contributed by atoms with van der Waals surface area (Å²) in [6.07, 6.45) is 6.07. The summed E-state index contributed by atoms with van der Waals surface area (Å²) in [6.45, 7) is 1.44. The van der Waals surface area contributed by atoms with Crippen molar-refractivity contribution in [2.24, 2.45) is 0 Å². The highest BCUT2D eigenvalue weighted by atomic mass is 16.2. The van der Waals surface area contributed by atoms with Gasteiger partial charge in [0.15, 0.2) is 0 Å². The van der Waals surface area contributed by atoms with Crippen LogP contribution in [0.15, 0.2) is 24.3 Å². The molecule has 1 aromatic carbocycles. The summed E-state index contributed by atoms with van der Waals surface area (Å²) < 4.78 is 0. The van der Waals surface area contributed by atoms with Crippen LogP contribution in [-0.2, 0) is 14.4 Å². The van der Waals surface area contributed by atoms with Crippen molar-refractivity contribution in [1.82, 2.24) is 4.90 Å². The van der Waals surface area contributed by atoms with Gasteiger partial charge in [0.1, 0.15) is 0 Å². The van der Waals surface area contributed by atoms with Crippen LogP contribution in [0.25, 0.3) is 0 Å². The highest BCUT2D eigenvalue weighted by Crippen LogP contribution is 2.30. The first-order valence-corrected chi connectivity index (χ1v) is 8.94. The Bertz CT molecular complexity index is 665. The molecule has 25 heavy (non-hydrogen) atoms. The van der Waals surface area contributed by atoms with Crippen molar-refractivity contribution in [3.05, 3.63) is 24.3 Å². The van der Waals surface area contributed by atoms with Crippen LogP contribution in [0.1, 0.15) is 45.4 Å².